The van der Waals surface area contributed by atoms with Gasteiger partial charge in [0.2, 0.25) is 5.79 Å². The summed E-state index contributed by atoms with van der Waals surface area (Å²) in [6.07, 6.45) is -37.3. The highest BCUT2D eigenvalue weighted by molar-refractivity contribution is 4.99. The van der Waals surface area contributed by atoms with Crippen LogP contribution in [-0.4, -0.2) is 284 Å². The van der Waals surface area contributed by atoms with Gasteiger partial charge in [0.05, 0.1) is 33.0 Å². The van der Waals surface area contributed by atoms with Crippen LogP contribution in [0.2, 0.25) is 0 Å². The van der Waals surface area contributed by atoms with Crippen LogP contribution in [-0.2, 0) is 37.9 Å². The highest BCUT2D eigenvalue weighted by Crippen LogP contribution is 2.36. The summed E-state index contributed by atoms with van der Waals surface area (Å²) in [7, 11) is 0. The van der Waals surface area contributed by atoms with Crippen LogP contribution in [0.4, 0.5) is 0 Å². The number of ether oxygens (including phenoxy) is 8. The molecule has 24 atom stereocenters. The van der Waals surface area contributed by atoms with Crippen molar-refractivity contribution in [2.75, 3.05) is 39.6 Å². The summed E-state index contributed by atoms with van der Waals surface area (Å²) in [5, 5.41) is 185. The number of hydrogen-bond acceptors (Lipinski definition) is 27. The fourth-order valence-electron chi connectivity index (χ4n) is 6.58. The van der Waals surface area contributed by atoms with Gasteiger partial charge >= 0.3 is 0 Å². The van der Waals surface area contributed by atoms with E-state index in [2.05, 4.69) is 0 Å². The zero-order valence-corrected chi connectivity index (χ0v) is 29.8. The van der Waals surface area contributed by atoms with Crippen molar-refractivity contribution in [3.63, 3.8) is 0 Å². The van der Waals surface area contributed by atoms with E-state index in [1.54, 1.807) is 0 Å². The molecule has 0 aromatic heterocycles. The summed E-state index contributed by atoms with van der Waals surface area (Å²) in [5.74, 6) is -2.36. The molecule has 5 heterocycles. The Morgan fingerprint density at radius 2 is 0.860 bits per heavy atom. The van der Waals surface area contributed by atoms with E-state index >= 15 is 0 Å². The minimum atomic E-state index is -2.36. The van der Waals surface area contributed by atoms with Crippen LogP contribution in [0.15, 0.2) is 0 Å². The third kappa shape index (κ3) is 10.2. The van der Waals surface area contributed by atoms with E-state index in [4.69, 9.17) is 43.0 Å². The van der Waals surface area contributed by atoms with Crippen LogP contribution in [0.25, 0.3) is 0 Å². The average molecular weight is 847 g/mol. The van der Waals surface area contributed by atoms with Crippen molar-refractivity contribution < 1.29 is 135 Å². The fraction of sp³-hybridized carbons (Fsp3) is 1.00. The standard InChI is InChI=1S/C18H32O16.C12H22O11/c19-1-5-8(22)11(25)13(27)16(31-5)30-3-7-9(23)12(26)14(28)17(32-7)34-18(4-21)15(29)10(24)6(2-20)33-18;13-1-3-5(15)6(16)9(19)12(22-3)23-10-4(2-14)21-11(20)8(18)7(10)17/h5-17,19-29H,1-4H2;3-20H,1-2H2/t5-,6-,7-,8+,9-,10-,11+,12+,13-,14-,15+,16+,17-,18+;3-,4-,5-,6+,7-,8-,9-,10-,11-,12+/m11/s1. The Hall–Kier alpha value is -1.08. The van der Waals surface area contributed by atoms with Gasteiger partial charge in [-0.1, -0.05) is 0 Å². The second kappa shape index (κ2) is 20.7. The van der Waals surface area contributed by atoms with E-state index in [9.17, 15) is 91.9 Å². The molecule has 5 saturated heterocycles. The van der Waals surface area contributed by atoms with Gasteiger partial charge < -0.3 is 135 Å². The molecule has 336 valence electrons. The minimum Gasteiger partial charge on any atom is -0.394 e. The molecule has 5 fully saturated rings. The van der Waals surface area contributed by atoms with Crippen molar-refractivity contribution in [2.24, 2.45) is 0 Å². The van der Waals surface area contributed by atoms with E-state index in [0.717, 1.165) is 0 Å². The van der Waals surface area contributed by atoms with Crippen molar-refractivity contribution >= 4 is 0 Å². The van der Waals surface area contributed by atoms with Crippen molar-refractivity contribution in [1.29, 1.82) is 0 Å². The third-order valence-corrected chi connectivity index (χ3v) is 10.1. The average Bonchev–Trinajstić information content (AvgIpc) is 3.45. The van der Waals surface area contributed by atoms with Gasteiger partial charge in [0.25, 0.3) is 0 Å². The largest absolute Gasteiger partial charge is 0.394 e. The molecule has 0 unspecified atom stereocenters. The summed E-state index contributed by atoms with van der Waals surface area (Å²) < 4.78 is 41.7. The van der Waals surface area contributed by atoms with Gasteiger partial charge in [0.15, 0.2) is 25.2 Å². The first kappa shape index (κ1) is 48.6. The van der Waals surface area contributed by atoms with E-state index in [1.807, 2.05) is 0 Å². The smallest absolute Gasteiger partial charge is 0.224 e. The van der Waals surface area contributed by atoms with E-state index < -0.39 is 187 Å². The first-order valence-electron chi connectivity index (χ1n) is 17.6. The summed E-state index contributed by atoms with van der Waals surface area (Å²) in [6, 6.07) is 0. The molecule has 19 N–H and O–H groups in total. The zero-order chi connectivity index (χ0) is 42.7. The molecule has 57 heavy (non-hydrogen) atoms. The molecule has 0 saturated carbocycles. The highest BCUT2D eigenvalue weighted by atomic mass is 16.8. The van der Waals surface area contributed by atoms with Crippen LogP contribution in [0.5, 0.6) is 0 Å². The molecule has 0 radical (unpaired) electrons. The fourth-order valence-corrected chi connectivity index (χ4v) is 6.58. The summed E-state index contributed by atoms with van der Waals surface area (Å²) in [4.78, 5) is 0. The molecule has 0 aliphatic carbocycles. The van der Waals surface area contributed by atoms with Crippen LogP contribution < -0.4 is 0 Å². The summed E-state index contributed by atoms with van der Waals surface area (Å²) >= 11 is 0. The monoisotopic (exact) mass is 846 g/mol. The molecular formula is C30H54O27. The van der Waals surface area contributed by atoms with Gasteiger partial charge in [-0.05, 0) is 0 Å². The predicted molar refractivity (Wildman–Crippen MR) is 170 cm³/mol. The SMILES string of the molecule is OC[C@H]1O[C@@H](O[C@H]2[C@H](O)[C@@H](O)[C@H](O)O[C@@H]2CO)[C@H](O)[C@@H](O)[C@@H]1O.OC[C@H]1O[C@H](OC[C@H]2O[C@H](O[C@]3(CO)O[C@H](CO)[C@@H](O)[C@@H]3O)[C@H](O)[C@@H](O)[C@@H]2O)[C@H](O)[C@@H](O)[C@H]1O. The molecular weight excluding hydrogens is 792 g/mol. The van der Waals surface area contributed by atoms with Gasteiger partial charge in [-0.25, -0.2) is 0 Å². The van der Waals surface area contributed by atoms with Crippen LogP contribution >= 0.6 is 0 Å². The quantitative estimate of drug-likeness (QED) is 0.0867. The lowest BCUT2D eigenvalue weighted by Crippen LogP contribution is -2.64. The summed E-state index contributed by atoms with van der Waals surface area (Å²) in [5.41, 5.74) is 0. The normalized spacial score (nSPS) is 51.9. The van der Waals surface area contributed by atoms with Crippen molar-refractivity contribution in [3.8, 4) is 0 Å². The lowest BCUT2D eigenvalue weighted by Gasteiger charge is -2.45. The van der Waals surface area contributed by atoms with Gasteiger partial charge in [-0.3, -0.25) is 0 Å². The van der Waals surface area contributed by atoms with Crippen LogP contribution in [0, 0.1) is 0 Å². The second-order valence-corrected chi connectivity index (χ2v) is 13.9. The van der Waals surface area contributed by atoms with Crippen LogP contribution in [0.3, 0.4) is 0 Å². The molecule has 27 heteroatoms. The number of aliphatic hydroxyl groups is 19. The molecule has 5 aliphatic rings. The molecule has 0 spiro atoms. The van der Waals surface area contributed by atoms with Gasteiger partial charge in [0, 0.05) is 0 Å². The topological polar surface area (TPSA) is 458 Å². The third-order valence-electron chi connectivity index (χ3n) is 10.1. The Bertz CT molecular complexity index is 1200. The van der Waals surface area contributed by atoms with Crippen molar-refractivity contribution in [1.82, 2.24) is 0 Å². The molecule has 5 rings (SSSR count). The lowest BCUT2D eigenvalue weighted by molar-refractivity contribution is -0.388. The van der Waals surface area contributed by atoms with Crippen LogP contribution in [0.1, 0.15) is 0 Å². The maximum atomic E-state index is 10.3. The molecule has 0 amide bonds. The Morgan fingerprint density at radius 3 is 1.35 bits per heavy atom. The Labute approximate surface area is 321 Å². The molecule has 27 nitrogen and oxygen atoms in total. The second-order valence-electron chi connectivity index (χ2n) is 13.9. The van der Waals surface area contributed by atoms with Crippen molar-refractivity contribution in [2.45, 2.75) is 147 Å². The first-order valence-corrected chi connectivity index (χ1v) is 17.6. The molecule has 0 aromatic rings. The maximum Gasteiger partial charge on any atom is 0.224 e. The maximum absolute atomic E-state index is 10.3. The molecule has 0 bridgehead atoms. The molecule has 5 aliphatic heterocycles. The van der Waals surface area contributed by atoms with E-state index in [-0.39, 0.29) is 0 Å². The van der Waals surface area contributed by atoms with Gasteiger partial charge in [0.1, 0.15) is 123 Å². The van der Waals surface area contributed by atoms with E-state index in [0.29, 0.717) is 0 Å². The lowest BCUT2D eigenvalue weighted by atomic mass is 9.97. The zero-order valence-electron chi connectivity index (χ0n) is 29.8. The highest BCUT2D eigenvalue weighted by Gasteiger charge is 2.59. The number of hydrogen-bond donors (Lipinski definition) is 19. The minimum absolute atomic E-state index is 0.634. The van der Waals surface area contributed by atoms with Crippen molar-refractivity contribution in [3.05, 3.63) is 0 Å². The Balaban J connectivity index is 0.000000273. The Kier molecular flexibility index (Phi) is 17.6. The molecule has 0 aromatic carbocycles. The van der Waals surface area contributed by atoms with Gasteiger partial charge in [-0.15, -0.1) is 0 Å². The first-order chi connectivity index (χ1) is 26.8. The number of rotatable bonds is 12. The summed E-state index contributed by atoms with van der Waals surface area (Å²) in [6.45, 7) is -4.49. The van der Waals surface area contributed by atoms with E-state index in [1.165, 1.54) is 0 Å². The number of aliphatic hydroxyl groups excluding tert-OH is 19. The predicted octanol–water partition coefficient (Wildman–Crippen LogP) is -13.0. The van der Waals surface area contributed by atoms with Gasteiger partial charge in [-0.2, -0.15) is 0 Å². The Morgan fingerprint density at radius 1 is 0.404 bits per heavy atom.